The highest BCUT2D eigenvalue weighted by Gasteiger charge is 2.35. The molecule has 2 heterocycles. The molecule has 1 aromatic carbocycles. The summed E-state index contributed by atoms with van der Waals surface area (Å²) in [6.45, 7) is 5.61. The fourth-order valence-corrected chi connectivity index (χ4v) is 4.31. The Morgan fingerprint density at radius 1 is 1.29 bits per heavy atom. The number of ether oxygens (including phenoxy) is 1. The number of carbonyl (C=O) groups excluding carboxylic acids is 2. The maximum atomic E-state index is 13.5. The summed E-state index contributed by atoms with van der Waals surface area (Å²) in [5.74, 6) is 0.205. The molecule has 2 N–H and O–H groups in total. The molecule has 8 heteroatoms. The van der Waals surface area contributed by atoms with Crippen LogP contribution in [-0.2, 0) is 11.3 Å². The first-order valence-electron chi connectivity index (χ1n) is 12.0. The van der Waals surface area contributed by atoms with Gasteiger partial charge in [-0.25, -0.2) is 0 Å². The third-order valence-electron chi connectivity index (χ3n) is 6.59. The van der Waals surface area contributed by atoms with E-state index in [-0.39, 0.29) is 42.4 Å². The van der Waals surface area contributed by atoms with E-state index in [1.54, 1.807) is 35.5 Å². The number of hydrogen-bond acceptors (Lipinski definition) is 6. The first kappa shape index (κ1) is 24.2. The van der Waals surface area contributed by atoms with E-state index in [0.29, 0.717) is 30.1 Å². The molecule has 1 saturated carbocycles. The second-order valence-corrected chi connectivity index (χ2v) is 9.62. The number of benzene rings is 1. The number of fused-ring (bicyclic) bond motifs is 1. The topological polar surface area (TPSA) is 95.0 Å². The average molecular weight is 467 g/mol. The summed E-state index contributed by atoms with van der Waals surface area (Å²) < 4.78 is 6.54. The van der Waals surface area contributed by atoms with Crippen molar-refractivity contribution in [1.29, 1.82) is 0 Å². The van der Waals surface area contributed by atoms with Crippen LogP contribution in [0.3, 0.4) is 0 Å². The van der Waals surface area contributed by atoms with Crippen molar-refractivity contribution in [2.24, 2.45) is 11.8 Å². The third kappa shape index (κ3) is 5.56. The molecular weight excluding hydrogens is 432 g/mol. The van der Waals surface area contributed by atoms with Gasteiger partial charge in [-0.15, -0.1) is 0 Å². The van der Waals surface area contributed by atoms with Crippen LogP contribution in [0.25, 0.3) is 0 Å². The zero-order valence-electron chi connectivity index (χ0n) is 20.1. The van der Waals surface area contributed by atoms with Crippen molar-refractivity contribution in [1.82, 2.24) is 14.8 Å². The van der Waals surface area contributed by atoms with Crippen LogP contribution in [0.4, 0.5) is 5.69 Å². The van der Waals surface area contributed by atoms with Gasteiger partial charge < -0.3 is 20.1 Å². The normalized spacial score (nSPS) is 21.3. The Hall–Kier alpha value is -2.97. The molecule has 2 aromatic rings. The Kier molecular flexibility index (Phi) is 7.48. The van der Waals surface area contributed by atoms with Crippen LogP contribution in [0, 0.1) is 11.8 Å². The fraction of sp³-hybridized carbons (Fsp3) is 0.500. The van der Waals surface area contributed by atoms with Crippen LogP contribution in [0.5, 0.6) is 5.75 Å². The number of likely N-dealkylation sites (N-methyl/N-ethyl adjacent to an activating group) is 1. The summed E-state index contributed by atoms with van der Waals surface area (Å²) in [5.41, 5.74) is 2.08. The van der Waals surface area contributed by atoms with Gasteiger partial charge in [0.05, 0.1) is 23.9 Å². The minimum absolute atomic E-state index is 0.00169. The standard InChI is InChI=1S/C26H34N4O4/c1-17-13-30(18(2)16-31)26(33)21-5-4-6-22(28-25(32)20-7-8-20)24(21)34-23(17)15-29(3)14-19-9-11-27-12-10-19/h4-6,9-12,17-18,20,23,31H,7-8,13-16H2,1-3H3,(H,28,32)/t17-,18-,23+/m0/s1. The predicted molar refractivity (Wildman–Crippen MR) is 130 cm³/mol. The van der Waals surface area contributed by atoms with Crippen molar-refractivity contribution in [2.45, 2.75) is 45.4 Å². The number of carbonyl (C=O) groups is 2. The fourth-order valence-electron chi connectivity index (χ4n) is 4.31. The summed E-state index contributed by atoms with van der Waals surface area (Å²) in [4.78, 5) is 34.0. The lowest BCUT2D eigenvalue weighted by Crippen LogP contribution is -2.49. The molecule has 34 heavy (non-hydrogen) atoms. The molecule has 1 aliphatic carbocycles. The number of nitrogens with one attached hydrogen (secondary N) is 1. The minimum atomic E-state index is -0.333. The number of aromatic nitrogens is 1. The van der Waals surface area contributed by atoms with E-state index in [4.69, 9.17) is 4.74 Å². The zero-order chi connectivity index (χ0) is 24.2. The average Bonchev–Trinajstić information content (AvgIpc) is 3.67. The van der Waals surface area contributed by atoms with Gasteiger partial charge in [-0.05, 0) is 56.6 Å². The molecule has 0 bridgehead atoms. The minimum Gasteiger partial charge on any atom is -0.486 e. The van der Waals surface area contributed by atoms with Crippen LogP contribution in [0.1, 0.15) is 42.6 Å². The number of amides is 2. The second kappa shape index (κ2) is 10.5. The SMILES string of the molecule is C[C@H]1CN([C@@H](C)CO)C(=O)c2cccc(NC(=O)C3CC3)c2O[C@@H]1CN(C)Cc1ccncc1. The number of hydrogen-bond donors (Lipinski definition) is 2. The van der Waals surface area contributed by atoms with Gasteiger partial charge in [-0.1, -0.05) is 13.0 Å². The Balaban J connectivity index is 1.64. The van der Waals surface area contributed by atoms with Gasteiger partial charge in [0.2, 0.25) is 5.91 Å². The number of aliphatic hydroxyl groups is 1. The quantitative estimate of drug-likeness (QED) is 0.621. The molecule has 3 atom stereocenters. The summed E-state index contributed by atoms with van der Waals surface area (Å²) >= 11 is 0. The van der Waals surface area contributed by atoms with E-state index in [1.807, 2.05) is 26.1 Å². The number of anilines is 1. The number of nitrogens with zero attached hydrogens (tertiary/aromatic N) is 3. The molecule has 1 aliphatic heterocycles. The molecule has 0 radical (unpaired) electrons. The molecule has 182 valence electrons. The predicted octanol–water partition coefficient (Wildman–Crippen LogP) is 2.78. The molecular formula is C26H34N4O4. The molecule has 0 spiro atoms. The van der Waals surface area contributed by atoms with Gasteiger partial charge in [0.25, 0.3) is 5.91 Å². The molecule has 2 amide bonds. The van der Waals surface area contributed by atoms with Gasteiger partial charge >= 0.3 is 0 Å². The highest BCUT2D eigenvalue weighted by Crippen LogP contribution is 2.37. The van der Waals surface area contributed by atoms with Crippen molar-refractivity contribution < 1.29 is 19.4 Å². The number of aliphatic hydroxyl groups excluding tert-OH is 1. The summed E-state index contributed by atoms with van der Waals surface area (Å²) in [6.07, 6.45) is 5.11. The smallest absolute Gasteiger partial charge is 0.258 e. The third-order valence-corrected chi connectivity index (χ3v) is 6.59. The highest BCUT2D eigenvalue weighted by molar-refractivity contribution is 6.02. The second-order valence-electron chi connectivity index (χ2n) is 9.62. The number of pyridine rings is 1. The maximum absolute atomic E-state index is 13.5. The van der Waals surface area contributed by atoms with Crippen LogP contribution in [0.15, 0.2) is 42.7 Å². The van der Waals surface area contributed by atoms with Gasteiger partial charge in [0.15, 0.2) is 5.75 Å². The largest absolute Gasteiger partial charge is 0.486 e. The van der Waals surface area contributed by atoms with Gasteiger partial charge in [-0.3, -0.25) is 19.5 Å². The lowest BCUT2D eigenvalue weighted by molar-refractivity contribution is -0.117. The van der Waals surface area contributed by atoms with Gasteiger partial charge in [0.1, 0.15) is 6.10 Å². The first-order valence-corrected chi connectivity index (χ1v) is 12.0. The highest BCUT2D eigenvalue weighted by atomic mass is 16.5. The molecule has 0 saturated heterocycles. The monoisotopic (exact) mass is 466 g/mol. The van der Waals surface area contributed by atoms with Crippen LogP contribution >= 0.6 is 0 Å². The van der Waals surface area contributed by atoms with E-state index in [1.165, 1.54) is 0 Å². The molecule has 2 aliphatic rings. The van der Waals surface area contributed by atoms with Crippen molar-refractivity contribution >= 4 is 17.5 Å². The Morgan fingerprint density at radius 2 is 2.03 bits per heavy atom. The van der Waals surface area contributed by atoms with Crippen molar-refractivity contribution in [3.63, 3.8) is 0 Å². The van der Waals surface area contributed by atoms with Crippen LogP contribution < -0.4 is 10.1 Å². The molecule has 1 fully saturated rings. The lowest BCUT2D eigenvalue weighted by Gasteiger charge is -2.38. The van der Waals surface area contributed by atoms with Crippen LogP contribution in [0.2, 0.25) is 0 Å². The number of rotatable bonds is 8. The van der Waals surface area contributed by atoms with E-state index >= 15 is 0 Å². The molecule has 4 rings (SSSR count). The molecule has 1 aromatic heterocycles. The van der Waals surface area contributed by atoms with Crippen molar-refractivity contribution in [3.05, 3.63) is 53.9 Å². The Labute approximate surface area is 200 Å². The first-order chi connectivity index (χ1) is 16.4. The summed E-state index contributed by atoms with van der Waals surface area (Å²) in [6, 6.07) is 8.93. The zero-order valence-corrected chi connectivity index (χ0v) is 20.1. The van der Waals surface area contributed by atoms with Crippen molar-refractivity contribution in [2.75, 3.05) is 32.1 Å². The van der Waals surface area contributed by atoms with E-state index in [9.17, 15) is 14.7 Å². The van der Waals surface area contributed by atoms with E-state index in [2.05, 4.69) is 22.1 Å². The van der Waals surface area contributed by atoms with Gasteiger partial charge in [0, 0.05) is 43.9 Å². The molecule has 0 unspecified atom stereocenters. The maximum Gasteiger partial charge on any atom is 0.258 e. The summed E-state index contributed by atoms with van der Waals surface area (Å²) in [5, 5.41) is 12.8. The Morgan fingerprint density at radius 3 is 2.71 bits per heavy atom. The summed E-state index contributed by atoms with van der Waals surface area (Å²) in [7, 11) is 2.04. The van der Waals surface area contributed by atoms with E-state index in [0.717, 1.165) is 24.9 Å². The number of para-hydroxylation sites is 1. The van der Waals surface area contributed by atoms with Crippen LogP contribution in [-0.4, -0.2) is 70.6 Å². The molecule has 8 nitrogen and oxygen atoms in total. The van der Waals surface area contributed by atoms with Crippen molar-refractivity contribution in [3.8, 4) is 5.75 Å². The lowest BCUT2D eigenvalue weighted by atomic mass is 9.98. The Bertz CT molecular complexity index is 1010. The van der Waals surface area contributed by atoms with E-state index < -0.39 is 0 Å². The van der Waals surface area contributed by atoms with Gasteiger partial charge in [-0.2, -0.15) is 0 Å².